The van der Waals surface area contributed by atoms with Crippen LogP contribution in [-0.2, 0) is 19.2 Å². The molecule has 2 amide bonds. The maximum Gasteiger partial charge on any atom is 0.248 e. The lowest BCUT2D eigenvalue weighted by atomic mass is 9.81. The Morgan fingerprint density at radius 3 is 2.29 bits per heavy atom. The van der Waals surface area contributed by atoms with E-state index in [9.17, 15) is 19.2 Å². The van der Waals surface area contributed by atoms with Crippen molar-refractivity contribution in [3.63, 3.8) is 0 Å². The van der Waals surface area contributed by atoms with Crippen LogP contribution in [0.15, 0.2) is 0 Å². The zero-order valence-corrected chi connectivity index (χ0v) is 16.4. The van der Waals surface area contributed by atoms with Crippen LogP contribution in [0.2, 0.25) is 0 Å². The minimum atomic E-state index is -1.29. The van der Waals surface area contributed by atoms with E-state index in [2.05, 4.69) is 20.8 Å². The fraction of sp³-hybridized carbons (Fsp3) is 0.778. The highest BCUT2D eigenvalue weighted by Gasteiger charge is 2.51. The highest BCUT2D eigenvalue weighted by Crippen LogP contribution is 2.30. The number of ketones is 2. The Bertz CT molecular complexity index is 524. The van der Waals surface area contributed by atoms with Crippen LogP contribution >= 0.6 is 11.8 Å². The molecular weight excluding hydrogens is 326 g/mol. The minimum Gasteiger partial charge on any atom is -0.298 e. The normalized spacial score (nSPS) is 22.8. The van der Waals surface area contributed by atoms with Gasteiger partial charge in [-0.3, -0.25) is 24.1 Å². The predicted octanol–water partition coefficient (Wildman–Crippen LogP) is 2.71. The lowest BCUT2D eigenvalue weighted by molar-refractivity contribution is -0.145. The molecule has 136 valence electrons. The quantitative estimate of drug-likeness (QED) is 0.657. The average molecular weight is 356 g/mol. The highest BCUT2D eigenvalue weighted by atomic mass is 32.2. The Balaban J connectivity index is 2.90. The molecule has 0 aromatic heterocycles. The Morgan fingerprint density at radius 1 is 1.25 bits per heavy atom. The average Bonchev–Trinajstić information content (AvgIpc) is 2.64. The van der Waals surface area contributed by atoms with Crippen molar-refractivity contribution in [3.8, 4) is 0 Å². The van der Waals surface area contributed by atoms with Gasteiger partial charge in [0.25, 0.3) is 0 Å². The number of hydrogen-bond acceptors (Lipinski definition) is 5. The molecule has 3 unspecified atom stereocenters. The summed E-state index contributed by atoms with van der Waals surface area (Å²) in [5.74, 6) is -2.38. The Labute approximate surface area is 148 Å². The van der Waals surface area contributed by atoms with Crippen molar-refractivity contribution in [1.29, 1.82) is 0 Å². The summed E-state index contributed by atoms with van der Waals surface area (Å²) in [6, 6.07) is -0.783. The lowest BCUT2D eigenvalue weighted by Gasteiger charge is -2.23. The third kappa shape index (κ3) is 5.16. The smallest absolute Gasteiger partial charge is 0.248 e. The molecule has 0 radical (unpaired) electrons. The summed E-state index contributed by atoms with van der Waals surface area (Å²) in [7, 11) is 0. The van der Waals surface area contributed by atoms with E-state index >= 15 is 0 Å². The van der Waals surface area contributed by atoms with Gasteiger partial charge in [0.2, 0.25) is 11.8 Å². The van der Waals surface area contributed by atoms with Gasteiger partial charge in [-0.15, -0.1) is 0 Å². The third-order valence-corrected chi connectivity index (χ3v) is 4.82. The molecule has 6 heteroatoms. The number of carbonyl (C=O) groups excluding carboxylic acids is 4. The monoisotopic (exact) mass is 355 g/mol. The number of Topliss-reactive ketones (excluding diaryl/α,β-unsaturated/α-hetero) is 2. The third-order valence-electron chi connectivity index (χ3n) is 4.18. The van der Waals surface area contributed by atoms with E-state index < -0.39 is 29.6 Å². The maximum absolute atomic E-state index is 12.6. The molecule has 1 rings (SSSR count). The topological polar surface area (TPSA) is 71.5 Å². The fourth-order valence-electron chi connectivity index (χ4n) is 3.48. The van der Waals surface area contributed by atoms with Crippen LogP contribution in [0, 0.1) is 17.3 Å². The molecule has 1 aliphatic heterocycles. The molecule has 24 heavy (non-hydrogen) atoms. The largest absolute Gasteiger partial charge is 0.298 e. The van der Waals surface area contributed by atoms with Gasteiger partial charge in [0.1, 0.15) is 6.04 Å². The molecule has 5 nitrogen and oxygen atoms in total. The van der Waals surface area contributed by atoms with Gasteiger partial charge < -0.3 is 0 Å². The van der Waals surface area contributed by atoms with Gasteiger partial charge in [-0.1, -0.05) is 27.7 Å². The van der Waals surface area contributed by atoms with Crippen molar-refractivity contribution in [2.75, 3.05) is 12.0 Å². The van der Waals surface area contributed by atoms with Gasteiger partial charge in [0.15, 0.2) is 17.5 Å². The molecule has 1 saturated heterocycles. The van der Waals surface area contributed by atoms with E-state index in [1.54, 1.807) is 11.8 Å². The van der Waals surface area contributed by atoms with Gasteiger partial charge in [0.05, 0.1) is 0 Å². The lowest BCUT2D eigenvalue weighted by Crippen LogP contribution is -2.39. The van der Waals surface area contributed by atoms with E-state index in [1.807, 2.05) is 13.2 Å². The first-order valence-corrected chi connectivity index (χ1v) is 9.78. The Morgan fingerprint density at radius 2 is 1.83 bits per heavy atom. The van der Waals surface area contributed by atoms with E-state index in [0.29, 0.717) is 12.2 Å². The summed E-state index contributed by atoms with van der Waals surface area (Å²) in [5.41, 5.74) is 0.0791. The number of thioether (sulfide) groups is 1. The number of hydrogen-bond donors (Lipinski definition) is 0. The van der Waals surface area contributed by atoms with Crippen LogP contribution in [0.1, 0.15) is 53.9 Å². The first kappa shape index (κ1) is 20.9. The molecule has 0 aromatic carbocycles. The first-order chi connectivity index (χ1) is 11.0. The van der Waals surface area contributed by atoms with Crippen molar-refractivity contribution in [3.05, 3.63) is 0 Å². The van der Waals surface area contributed by atoms with E-state index in [0.717, 1.165) is 11.3 Å². The standard InChI is InChI=1S/C18H29NO4S/c1-11(10-18(3,4)5)9-14(21)15-16(22)13(7-8-24-6)19(12(2)20)17(15)23/h11,13,15H,7-10H2,1-6H3. The molecule has 0 saturated carbocycles. The molecule has 0 aromatic rings. The molecule has 0 bridgehead atoms. The van der Waals surface area contributed by atoms with Crippen LogP contribution in [0.3, 0.4) is 0 Å². The number of carbonyl (C=O) groups is 4. The SMILES string of the molecule is CSCCC1C(=O)C(C(=O)CC(C)CC(C)(C)C)C(=O)N1C(C)=O. The molecular formula is C18H29NO4S. The molecule has 0 spiro atoms. The molecule has 1 heterocycles. The van der Waals surface area contributed by atoms with Gasteiger partial charge in [-0.2, -0.15) is 11.8 Å². The second-order valence-electron chi connectivity index (χ2n) is 7.90. The summed E-state index contributed by atoms with van der Waals surface area (Å²) in [6.07, 6.45) is 3.34. The predicted molar refractivity (Wildman–Crippen MR) is 95.7 cm³/mol. The van der Waals surface area contributed by atoms with Gasteiger partial charge in [-0.05, 0) is 36.2 Å². The molecule has 1 fully saturated rings. The van der Waals surface area contributed by atoms with Gasteiger partial charge >= 0.3 is 0 Å². The van der Waals surface area contributed by atoms with E-state index in [1.165, 1.54) is 6.92 Å². The zero-order valence-electron chi connectivity index (χ0n) is 15.5. The van der Waals surface area contributed by atoms with Crippen molar-refractivity contribution >= 4 is 35.1 Å². The summed E-state index contributed by atoms with van der Waals surface area (Å²) < 4.78 is 0. The Kier molecular flexibility index (Phi) is 7.20. The van der Waals surface area contributed by atoms with Gasteiger partial charge in [-0.25, -0.2) is 0 Å². The summed E-state index contributed by atoms with van der Waals surface area (Å²) in [4.78, 5) is 50.4. The molecule has 0 aliphatic carbocycles. The van der Waals surface area contributed by atoms with E-state index in [4.69, 9.17) is 0 Å². The first-order valence-electron chi connectivity index (χ1n) is 8.38. The Hall–Kier alpha value is -1.17. The zero-order chi connectivity index (χ0) is 18.7. The van der Waals surface area contributed by atoms with Crippen LogP contribution < -0.4 is 0 Å². The minimum absolute atomic E-state index is 0.0791. The molecule has 0 N–H and O–H groups in total. The van der Waals surface area contributed by atoms with Crippen molar-refractivity contribution in [2.45, 2.75) is 59.9 Å². The van der Waals surface area contributed by atoms with Gasteiger partial charge in [0, 0.05) is 13.3 Å². The van der Waals surface area contributed by atoms with Crippen molar-refractivity contribution in [1.82, 2.24) is 4.90 Å². The summed E-state index contributed by atoms with van der Waals surface area (Å²) >= 11 is 1.55. The van der Waals surface area contributed by atoms with Crippen LogP contribution in [0.25, 0.3) is 0 Å². The maximum atomic E-state index is 12.6. The second kappa shape index (κ2) is 8.28. The number of nitrogens with zero attached hydrogens (tertiary/aromatic N) is 1. The fourth-order valence-corrected chi connectivity index (χ4v) is 3.94. The van der Waals surface area contributed by atoms with Crippen LogP contribution in [0.5, 0.6) is 0 Å². The summed E-state index contributed by atoms with van der Waals surface area (Å²) in [5, 5.41) is 0. The van der Waals surface area contributed by atoms with Crippen LogP contribution in [-0.4, -0.2) is 46.3 Å². The number of amides is 2. The van der Waals surface area contributed by atoms with E-state index in [-0.39, 0.29) is 23.5 Å². The number of likely N-dealkylation sites (tertiary alicyclic amines) is 1. The number of imide groups is 1. The molecule has 1 aliphatic rings. The van der Waals surface area contributed by atoms with Crippen molar-refractivity contribution < 1.29 is 19.2 Å². The molecule has 3 atom stereocenters. The highest BCUT2D eigenvalue weighted by molar-refractivity contribution is 7.98. The van der Waals surface area contributed by atoms with Crippen molar-refractivity contribution in [2.24, 2.45) is 17.3 Å². The summed E-state index contributed by atoms with van der Waals surface area (Å²) in [6.45, 7) is 9.51. The number of rotatable bonds is 7. The van der Waals surface area contributed by atoms with Crippen LogP contribution in [0.4, 0.5) is 0 Å². The second-order valence-corrected chi connectivity index (χ2v) is 8.89.